The van der Waals surface area contributed by atoms with Gasteiger partial charge in [-0.2, -0.15) is 0 Å². The lowest BCUT2D eigenvalue weighted by molar-refractivity contribution is 0.188. The van der Waals surface area contributed by atoms with E-state index >= 15 is 0 Å². The van der Waals surface area contributed by atoms with Crippen LogP contribution in [0.4, 0.5) is 0 Å². The van der Waals surface area contributed by atoms with Crippen molar-refractivity contribution in [3.63, 3.8) is 0 Å². The number of hydrogen-bond acceptors (Lipinski definition) is 4. The molecule has 0 radical (unpaired) electrons. The molecule has 0 bridgehead atoms. The van der Waals surface area contributed by atoms with Gasteiger partial charge < -0.3 is 15.0 Å². The molecule has 4 nitrogen and oxygen atoms in total. The summed E-state index contributed by atoms with van der Waals surface area (Å²) >= 11 is 6.22. The predicted molar refractivity (Wildman–Crippen MR) is 104 cm³/mol. The van der Waals surface area contributed by atoms with E-state index in [4.69, 9.17) is 16.3 Å². The van der Waals surface area contributed by atoms with E-state index in [1.165, 1.54) is 38.8 Å². The van der Waals surface area contributed by atoms with Crippen LogP contribution in [0.3, 0.4) is 0 Å². The van der Waals surface area contributed by atoms with Gasteiger partial charge in [0.05, 0.1) is 0 Å². The Bertz CT molecular complexity index is 712. The summed E-state index contributed by atoms with van der Waals surface area (Å²) < 4.78 is 6.03. The third kappa shape index (κ3) is 4.76. The van der Waals surface area contributed by atoms with Gasteiger partial charge in [0.15, 0.2) is 0 Å². The van der Waals surface area contributed by atoms with Crippen LogP contribution in [0.2, 0.25) is 5.02 Å². The third-order valence-corrected chi connectivity index (χ3v) is 5.55. The summed E-state index contributed by atoms with van der Waals surface area (Å²) in [5.41, 5.74) is 2.18. The summed E-state index contributed by atoms with van der Waals surface area (Å²) in [4.78, 5) is 6.79. The summed E-state index contributed by atoms with van der Waals surface area (Å²) in [6, 6.07) is 11.3. The van der Waals surface area contributed by atoms with Crippen LogP contribution in [-0.2, 0) is 13.2 Å². The summed E-state index contributed by atoms with van der Waals surface area (Å²) in [5, 5.41) is 4.46. The molecule has 138 valence electrons. The van der Waals surface area contributed by atoms with Gasteiger partial charge in [0.2, 0.25) is 0 Å². The Hall–Kier alpha value is -1.62. The largest absolute Gasteiger partial charge is 0.489 e. The van der Waals surface area contributed by atoms with Crippen molar-refractivity contribution in [1.82, 2.24) is 15.2 Å². The lowest BCUT2D eigenvalue weighted by atomic mass is 10.0. The molecule has 4 rings (SSSR count). The highest BCUT2D eigenvalue weighted by molar-refractivity contribution is 6.30. The lowest BCUT2D eigenvalue weighted by Gasteiger charge is -2.32. The average molecular weight is 372 g/mol. The number of piperidine rings is 1. The van der Waals surface area contributed by atoms with Crippen molar-refractivity contribution in [2.45, 2.75) is 50.9 Å². The highest BCUT2D eigenvalue weighted by Gasteiger charge is 2.31. The molecule has 1 aliphatic heterocycles. The minimum absolute atomic E-state index is 0.516. The Morgan fingerprint density at radius 1 is 1.15 bits per heavy atom. The minimum Gasteiger partial charge on any atom is -0.489 e. The predicted octanol–water partition coefficient (Wildman–Crippen LogP) is 4.03. The fourth-order valence-electron chi connectivity index (χ4n) is 3.63. The minimum atomic E-state index is 0.516. The van der Waals surface area contributed by atoms with Crippen LogP contribution >= 0.6 is 11.6 Å². The van der Waals surface area contributed by atoms with Crippen LogP contribution in [-0.4, -0.2) is 35.1 Å². The number of nitrogens with zero attached hydrogens (tertiary/aromatic N) is 2. The van der Waals surface area contributed by atoms with Gasteiger partial charge in [0.25, 0.3) is 0 Å². The van der Waals surface area contributed by atoms with Crippen molar-refractivity contribution in [2.75, 3.05) is 13.1 Å². The van der Waals surface area contributed by atoms with Gasteiger partial charge in [0.1, 0.15) is 12.4 Å². The van der Waals surface area contributed by atoms with E-state index in [0.717, 1.165) is 34.5 Å². The molecule has 1 saturated carbocycles. The number of aromatic nitrogens is 1. The van der Waals surface area contributed by atoms with Crippen LogP contribution < -0.4 is 10.1 Å². The Labute approximate surface area is 160 Å². The van der Waals surface area contributed by atoms with Crippen molar-refractivity contribution in [3.05, 3.63) is 58.9 Å². The van der Waals surface area contributed by atoms with Crippen LogP contribution in [0.15, 0.2) is 42.7 Å². The first-order chi connectivity index (χ1) is 12.8. The molecule has 1 N–H and O–H groups in total. The summed E-state index contributed by atoms with van der Waals surface area (Å²) in [7, 11) is 0. The maximum atomic E-state index is 6.22. The first-order valence-electron chi connectivity index (χ1n) is 9.55. The Kier molecular flexibility index (Phi) is 5.73. The van der Waals surface area contributed by atoms with Crippen LogP contribution in [0.5, 0.6) is 5.75 Å². The fraction of sp³-hybridized carbons (Fsp3) is 0.476. The zero-order chi connectivity index (χ0) is 17.8. The Balaban J connectivity index is 1.32. The second-order valence-electron chi connectivity index (χ2n) is 7.32. The zero-order valence-electron chi connectivity index (χ0n) is 15.0. The molecule has 5 heteroatoms. The fourth-order valence-corrected chi connectivity index (χ4v) is 3.83. The zero-order valence-corrected chi connectivity index (χ0v) is 15.8. The molecule has 0 spiro atoms. The molecule has 1 aromatic heterocycles. The Morgan fingerprint density at radius 2 is 2.00 bits per heavy atom. The Morgan fingerprint density at radius 3 is 2.73 bits per heavy atom. The number of pyridine rings is 1. The summed E-state index contributed by atoms with van der Waals surface area (Å²) in [6.07, 6.45) is 8.86. The molecular formula is C21H26ClN3O. The molecule has 0 amide bonds. The van der Waals surface area contributed by atoms with E-state index in [2.05, 4.69) is 15.2 Å². The van der Waals surface area contributed by atoms with Gasteiger partial charge in [-0.1, -0.05) is 17.7 Å². The average Bonchev–Trinajstić information content (AvgIpc) is 3.52. The van der Waals surface area contributed by atoms with Crippen molar-refractivity contribution >= 4 is 11.6 Å². The molecule has 2 aliphatic rings. The highest BCUT2D eigenvalue weighted by atomic mass is 35.5. The molecular weight excluding hydrogens is 346 g/mol. The van der Waals surface area contributed by atoms with Crippen LogP contribution in [0.25, 0.3) is 0 Å². The molecule has 1 aliphatic carbocycles. The van der Waals surface area contributed by atoms with Gasteiger partial charge >= 0.3 is 0 Å². The quantitative estimate of drug-likeness (QED) is 0.797. The van der Waals surface area contributed by atoms with Crippen LogP contribution in [0.1, 0.15) is 36.8 Å². The van der Waals surface area contributed by atoms with Crippen molar-refractivity contribution in [2.24, 2.45) is 0 Å². The molecule has 2 aromatic rings. The molecule has 2 heterocycles. The number of hydrogen-bond donors (Lipinski definition) is 1. The second-order valence-corrected chi connectivity index (χ2v) is 7.76. The first kappa shape index (κ1) is 17.8. The SMILES string of the molecule is Clc1ccc(OCc2cccnc2)c(CNC2CCN(C3CC3)CC2)c1. The van der Waals surface area contributed by atoms with E-state index in [-0.39, 0.29) is 0 Å². The van der Waals surface area contributed by atoms with Crippen molar-refractivity contribution in [3.8, 4) is 5.75 Å². The standard InChI is InChI=1S/C21H26ClN3O/c22-18-3-6-21(26-15-16-2-1-9-23-13-16)17(12-18)14-24-19-7-10-25(11-8-19)20-4-5-20/h1-3,6,9,12-13,19-20,24H,4-5,7-8,10-11,14-15H2. The van der Waals surface area contributed by atoms with Gasteiger partial charge in [-0.3, -0.25) is 4.98 Å². The first-order valence-corrected chi connectivity index (χ1v) is 9.93. The van der Waals surface area contributed by atoms with E-state index in [0.29, 0.717) is 12.6 Å². The van der Waals surface area contributed by atoms with E-state index in [1.54, 1.807) is 6.20 Å². The van der Waals surface area contributed by atoms with Gasteiger partial charge in [-0.25, -0.2) is 0 Å². The molecule has 0 atom stereocenters. The highest BCUT2D eigenvalue weighted by Crippen LogP contribution is 2.29. The molecule has 1 aromatic carbocycles. The maximum absolute atomic E-state index is 6.22. The summed E-state index contributed by atoms with van der Waals surface area (Å²) in [6.45, 7) is 3.75. The lowest BCUT2D eigenvalue weighted by Crippen LogP contribution is -2.43. The molecule has 0 unspecified atom stereocenters. The monoisotopic (exact) mass is 371 g/mol. The van der Waals surface area contributed by atoms with Gasteiger partial charge in [-0.15, -0.1) is 0 Å². The van der Waals surface area contributed by atoms with Gasteiger partial charge in [-0.05, 0) is 63.0 Å². The number of benzene rings is 1. The number of rotatable bonds is 7. The van der Waals surface area contributed by atoms with E-state index in [1.807, 2.05) is 36.5 Å². The second kappa shape index (κ2) is 8.38. The van der Waals surface area contributed by atoms with E-state index in [9.17, 15) is 0 Å². The molecule has 2 fully saturated rings. The van der Waals surface area contributed by atoms with Gasteiger partial charge in [0, 0.05) is 47.2 Å². The normalized spacial score (nSPS) is 18.8. The number of nitrogens with one attached hydrogen (secondary N) is 1. The molecule has 1 saturated heterocycles. The topological polar surface area (TPSA) is 37.4 Å². The smallest absolute Gasteiger partial charge is 0.124 e. The maximum Gasteiger partial charge on any atom is 0.124 e. The van der Waals surface area contributed by atoms with E-state index < -0.39 is 0 Å². The van der Waals surface area contributed by atoms with Crippen molar-refractivity contribution < 1.29 is 4.74 Å². The third-order valence-electron chi connectivity index (χ3n) is 5.31. The number of halogens is 1. The molecule has 26 heavy (non-hydrogen) atoms. The van der Waals surface area contributed by atoms with Crippen molar-refractivity contribution in [1.29, 1.82) is 0 Å². The summed E-state index contributed by atoms with van der Waals surface area (Å²) in [5.74, 6) is 0.890. The van der Waals surface area contributed by atoms with Crippen LogP contribution in [0, 0.1) is 0 Å². The number of likely N-dealkylation sites (tertiary alicyclic amines) is 1. The number of ether oxygens (including phenoxy) is 1.